The van der Waals surface area contributed by atoms with Crippen LogP contribution in [-0.2, 0) is 0 Å². The lowest BCUT2D eigenvalue weighted by Crippen LogP contribution is -2.19. The first-order valence-corrected chi connectivity index (χ1v) is 11.2. The van der Waals surface area contributed by atoms with Gasteiger partial charge < -0.3 is 14.6 Å². The summed E-state index contributed by atoms with van der Waals surface area (Å²) in [6.07, 6.45) is 1.10. The number of aryl methyl sites for hydroxylation is 1. The molecule has 0 bridgehead atoms. The Bertz CT molecular complexity index is 1250. The minimum absolute atomic E-state index is 0.0310. The number of rotatable bonds is 6. The molecule has 1 atom stereocenters. The van der Waals surface area contributed by atoms with Crippen LogP contribution in [0, 0.1) is 6.92 Å². The molecule has 4 rings (SSSR count). The summed E-state index contributed by atoms with van der Waals surface area (Å²) in [5.41, 5.74) is 5.33. The number of H-pyrrole nitrogens is 1. The summed E-state index contributed by atoms with van der Waals surface area (Å²) >= 11 is 1.48. The number of fused-ring (bicyclic) bond motifs is 3. The highest BCUT2D eigenvalue weighted by Crippen LogP contribution is 2.42. The van der Waals surface area contributed by atoms with Gasteiger partial charge in [0.15, 0.2) is 0 Å². The SMILES string of the molecule is CC[C@@H](CN(C)C)c1ccc(-c2c(OC)cc(C)c3[nH]c(=O)c4sccc4c23)cc1. The monoisotopic (exact) mass is 420 g/mol. The minimum atomic E-state index is -0.0310. The van der Waals surface area contributed by atoms with Gasteiger partial charge in [-0.2, -0.15) is 0 Å². The van der Waals surface area contributed by atoms with Crippen LogP contribution in [0.4, 0.5) is 0 Å². The molecular weight excluding hydrogens is 392 g/mol. The highest BCUT2D eigenvalue weighted by molar-refractivity contribution is 7.17. The molecule has 2 heterocycles. The van der Waals surface area contributed by atoms with Gasteiger partial charge in [-0.25, -0.2) is 0 Å². The van der Waals surface area contributed by atoms with Crippen molar-refractivity contribution in [2.24, 2.45) is 0 Å². The molecule has 0 saturated heterocycles. The van der Waals surface area contributed by atoms with Crippen molar-refractivity contribution >= 4 is 32.3 Å². The van der Waals surface area contributed by atoms with Crippen LogP contribution >= 0.6 is 11.3 Å². The second-order valence-corrected chi connectivity index (χ2v) is 9.04. The van der Waals surface area contributed by atoms with Crippen LogP contribution in [0.25, 0.3) is 32.1 Å². The number of likely N-dealkylation sites (N-methyl/N-ethyl adjacent to an activating group) is 1. The Kier molecular flexibility index (Phi) is 5.67. The van der Waals surface area contributed by atoms with E-state index in [2.05, 4.69) is 55.2 Å². The van der Waals surface area contributed by atoms with Crippen LogP contribution in [0.1, 0.15) is 30.4 Å². The van der Waals surface area contributed by atoms with Gasteiger partial charge in [0.05, 0.1) is 12.6 Å². The standard InChI is InChI=1S/C25H28N2O2S/c1-6-16(14-27(3)4)17-7-9-18(10-8-17)21-20(29-5)13-15(2)23-22(21)19-11-12-30-24(19)25(28)26-23/h7-13,16H,6,14H2,1-5H3,(H,26,28)/t16-/m0/s1. The summed E-state index contributed by atoms with van der Waals surface area (Å²) < 4.78 is 6.56. The molecule has 4 aromatic rings. The van der Waals surface area contributed by atoms with Crippen molar-refractivity contribution in [2.45, 2.75) is 26.2 Å². The molecule has 0 saturated carbocycles. The van der Waals surface area contributed by atoms with Crippen molar-refractivity contribution in [1.82, 2.24) is 9.88 Å². The van der Waals surface area contributed by atoms with Crippen LogP contribution in [0.2, 0.25) is 0 Å². The van der Waals surface area contributed by atoms with Crippen LogP contribution in [0.5, 0.6) is 5.75 Å². The fourth-order valence-corrected chi connectivity index (χ4v) is 5.14. The Balaban J connectivity index is 1.95. The zero-order valence-corrected chi connectivity index (χ0v) is 19.0. The molecule has 30 heavy (non-hydrogen) atoms. The van der Waals surface area contributed by atoms with Crippen molar-refractivity contribution in [3.8, 4) is 16.9 Å². The Hall–Kier alpha value is -2.63. The van der Waals surface area contributed by atoms with Gasteiger partial charge in [0.25, 0.3) is 5.56 Å². The maximum Gasteiger partial charge on any atom is 0.266 e. The van der Waals surface area contributed by atoms with E-state index in [0.29, 0.717) is 5.92 Å². The van der Waals surface area contributed by atoms with Gasteiger partial charge in [0.1, 0.15) is 10.4 Å². The number of pyridine rings is 1. The van der Waals surface area contributed by atoms with Crippen LogP contribution in [0.15, 0.2) is 46.6 Å². The molecule has 0 radical (unpaired) electrons. The fourth-order valence-electron chi connectivity index (χ4n) is 4.35. The number of methoxy groups -OCH3 is 1. The van der Waals surface area contributed by atoms with E-state index in [1.54, 1.807) is 7.11 Å². The van der Waals surface area contributed by atoms with Gasteiger partial charge in [-0.3, -0.25) is 4.79 Å². The average molecular weight is 421 g/mol. The molecule has 0 fully saturated rings. The third kappa shape index (κ3) is 3.53. The van der Waals surface area contributed by atoms with E-state index in [-0.39, 0.29) is 5.56 Å². The number of ether oxygens (including phenoxy) is 1. The van der Waals surface area contributed by atoms with E-state index in [4.69, 9.17) is 4.74 Å². The smallest absolute Gasteiger partial charge is 0.266 e. The third-order valence-corrected chi connectivity index (χ3v) is 6.75. The molecule has 0 aliphatic heterocycles. The number of nitrogens with zero attached hydrogens (tertiary/aromatic N) is 1. The Morgan fingerprint density at radius 2 is 1.90 bits per heavy atom. The number of nitrogens with one attached hydrogen (secondary N) is 1. The van der Waals surface area contributed by atoms with Crippen molar-refractivity contribution in [1.29, 1.82) is 0 Å². The Labute approximate surface area is 181 Å². The summed E-state index contributed by atoms with van der Waals surface area (Å²) in [5, 5.41) is 4.02. The molecular formula is C25H28N2O2S. The summed E-state index contributed by atoms with van der Waals surface area (Å²) in [6.45, 7) is 5.28. The van der Waals surface area contributed by atoms with Crippen molar-refractivity contribution in [3.63, 3.8) is 0 Å². The highest BCUT2D eigenvalue weighted by atomic mass is 32.1. The topological polar surface area (TPSA) is 45.3 Å². The number of aromatic amines is 1. The molecule has 0 spiro atoms. The first-order valence-electron chi connectivity index (χ1n) is 10.3. The quantitative estimate of drug-likeness (QED) is 0.430. The molecule has 156 valence electrons. The molecule has 0 unspecified atom stereocenters. The first kappa shape index (κ1) is 20.6. The lowest BCUT2D eigenvalue weighted by atomic mass is 9.91. The number of thiophene rings is 1. The summed E-state index contributed by atoms with van der Waals surface area (Å²) in [6, 6.07) is 12.9. The highest BCUT2D eigenvalue weighted by Gasteiger charge is 2.19. The molecule has 0 amide bonds. The second kappa shape index (κ2) is 8.25. The van der Waals surface area contributed by atoms with Crippen LogP contribution < -0.4 is 10.3 Å². The van der Waals surface area contributed by atoms with Gasteiger partial charge in [-0.15, -0.1) is 11.3 Å². The Morgan fingerprint density at radius 1 is 1.17 bits per heavy atom. The number of hydrogen-bond donors (Lipinski definition) is 1. The van der Waals surface area contributed by atoms with Gasteiger partial charge in [0, 0.05) is 22.9 Å². The number of aromatic nitrogens is 1. The largest absolute Gasteiger partial charge is 0.496 e. The average Bonchev–Trinajstić information content (AvgIpc) is 3.23. The lowest BCUT2D eigenvalue weighted by molar-refractivity contribution is 0.368. The molecule has 5 heteroatoms. The lowest BCUT2D eigenvalue weighted by Gasteiger charge is -2.21. The molecule has 2 aromatic carbocycles. The van der Waals surface area contributed by atoms with Gasteiger partial charge in [-0.1, -0.05) is 31.2 Å². The summed E-state index contributed by atoms with van der Waals surface area (Å²) in [5.74, 6) is 1.33. The van der Waals surface area contributed by atoms with E-state index in [1.165, 1.54) is 16.9 Å². The molecule has 0 aliphatic rings. The second-order valence-electron chi connectivity index (χ2n) is 8.13. The van der Waals surface area contributed by atoms with Gasteiger partial charge >= 0.3 is 0 Å². The maximum atomic E-state index is 12.6. The van der Waals surface area contributed by atoms with Gasteiger partial charge in [-0.05, 0) is 67.6 Å². The number of benzene rings is 2. The molecule has 1 N–H and O–H groups in total. The molecule has 0 aliphatic carbocycles. The van der Waals surface area contributed by atoms with E-state index in [1.807, 2.05) is 24.4 Å². The van der Waals surface area contributed by atoms with E-state index in [0.717, 1.165) is 56.4 Å². The fraction of sp³-hybridized carbons (Fsp3) is 0.320. The zero-order valence-electron chi connectivity index (χ0n) is 18.2. The van der Waals surface area contributed by atoms with Crippen molar-refractivity contribution in [2.75, 3.05) is 27.7 Å². The predicted molar refractivity (Wildman–Crippen MR) is 128 cm³/mol. The normalized spacial score (nSPS) is 12.7. The van der Waals surface area contributed by atoms with Crippen molar-refractivity contribution in [3.05, 3.63) is 63.3 Å². The summed E-state index contributed by atoms with van der Waals surface area (Å²) in [4.78, 5) is 17.9. The van der Waals surface area contributed by atoms with E-state index < -0.39 is 0 Å². The number of hydrogen-bond acceptors (Lipinski definition) is 4. The molecule has 4 nitrogen and oxygen atoms in total. The Morgan fingerprint density at radius 3 is 2.53 bits per heavy atom. The van der Waals surface area contributed by atoms with Crippen molar-refractivity contribution < 1.29 is 4.74 Å². The predicted octanol–water partition coefficient (Wildman–Crippen LogP) is 5.78. The minimum Gasteiger partial charge on any atom is -0.496 e. The van der Waals surface area contributed by atoms with Gasteiger partial charge in [0.2, 0.25) is 0 Å². The third-order valence-electron chi connectivity index (χ3n) is 5.84. The van der Waals surface area contributed by atoms with Crippen LogP contribution in [-0.4, -0.2) is 37.6 Å². The molecule has 2 aromatic heterocycles. The summed E-state index contributed by atoms with van der Waals surface area (Å²) in [7, 11) is 5.94. The van der Waals surface area contributed by atoms with Crippen LogP contribution in [0.3, 0.4) is 0 Å². The van der Waals surface area contributed by atoms with E-state index >= 15 is 0 Å². The maximum absolute atomic E-state index is 12.6. The zero-order chi connectivity index (χ0) is 21.4. The van der Waals surface area contributed by atoms with E-state index in [9.17, 15) is 4.79 Å². The first-order chi connectivity index (χ1) is 14.4.